The Morgan fingerprint density at radius 1 is 1.19 bits per heavy atom. The molecule has 21 heavy (non-hydrogen) atoms. The summed E-state index contributed by atoms with van der Waals surface area (Å²) in [4.78, 5) is 33.1. The van der Waals surface area contributed by atoms with Gasteiger partial charge in [-0.2, -0.15) is 0 Å². The van der Waals surface area contributed by atoms with E-state index >= 15 is 0 Å². The average molecular weight is 295 g/mol. The first kappa shape index (κ1) is 16.3. The highest BCUT2D eigenvalue weighted by Crippen LogP contribution is 2.20. The van der Waals surface area contributed by atoms with Gasteiger partial charge in [-0.3, -0.25) is 9.59 Å². The Bertz CT molecular complexity index is 545. The maximum Gasteiger partial charge on any atom is 0.322 e. The Kier molecular flexibility index (Phi) is 5.99. The van der Waals surface area contributed by atoms with E-state index in [2.05, 4.69) is 16.0 Å². The van der Waals surface area contributed by atoms with E-state index < -0.39 is 24.5 Å². The number of amides is 3. The molecule has 3 amide bonds. The number of methoxy groups -OCH3 is 1. The molecular weight excluding hydrogens is 278 g/mol. The van der Waals surface area contributed by atoms with E-state index in [1.54, 1.807) is 32.2 Å². The Labute approximate surface area is 121 Å². The summed E-state index contributed by atoms with van der Waals surface area (Å²) < 4.78 is 5.05. The molecule has 0 saturated heterocycles. The lowest BCUT2D eigenvalue weighted by molar-refractivity contribution is -0.137. The molecule has 4 N–H and O–H groups in total. The van der Waals surface area contributed by atoms with Crippen molar-refractivity contribution in [3.63, 3.8) is 0 Å². The number of urea groups is 1. The smallest absolute Gasteiger partial charge is 0.322 e. The van der Waals surface area contributed by atoms with Crippen molar-refractivity contribution in [1.29, 1.82) is 0 Å². The summed E-state index contributed by atoms with van der Waals surface area (Å²) in [7, 11) is 1.55. The second-order valence-corrected chi connectivity index (χ2v) is 4.16. The Morgan fingerprint density at radius 2 is 1.90 bits per heavy atom. The number of anilines is 1. The lowest BCUT2D eigenvalue weighted by Gasteiger charge is -2.11. The zero-order valence-corrected chi connectivity index (χ0v) is 11.7. The number of ether oxygens (including phenoxy) is 1. The first-order valence-corrected chi connectivity index (χ1v) is 6.10. The highest BCUT2D eigenvalue weighted by molar-refractivity contribution is 5.93. The van der Waals surface area contributed by atoms with Gasteiger partial charge in [-0.05, 0) is 30.7 Å². The van der Waals surface area contributed by atoms with Gasteiger partial charge in [-0.1, -0.05) is 0 Å². The summed E-state index contributed by atoms with van der Waals surface area (Å²) in [5.74, 6) is -1.06. The van der Waals surface area contributed by atoms with Crippen LogP contribution in [-0.4, -0.2) is 43.2 Å². The number of hydrogen-bond acceptors (Lipinski definition) is 4. The minimum Gasteiger partial charge on any atom is -0.497 e. The van der Waals surface area contributed by atoms with Crippen LogP contribution in [-0.2, 0) is 9.59 Å². The number of benzene rings is 1. The molecule has 8 nitrogen and oxygen atoms in total. The molecule has 0 bridgehead atoms. The molecule has 1 aromatic carbocycles. The van der Waals surface area contributed by atoms with E-state index in [1.165, 1.54) is 0 Å². The lowest BCUT2D eigenvalue weighted by atomic mass is 10.2. The fourth-order valence-corrected chi connectivity index (χ4v) is 1.47. The number of aliphatic carboxylic acids is 1. The Balaban J connectivity index is 2.43. The number of carbonyl (C=O) groups is 3. The minimum atomic E-state index is -1.15. The molecular formula is C13H17N3O5. The minimum absolute atomic E-state index is 0.311. The van der Waals surface area contributed by atoms with Gasteiger partial charge in [-0.15, -0.1) is 0 Å². The van der Waals surface area contributed by atoms with E-state index in [4.69, 9.17) is 9.84 Å². The molecule has 0 radical (unpaired) electrons. The largest absolute Gasteiger partial charge is 0.497 e. The van der Waals surface area contributed by atoms with Crippen LogP contribution in [0.5, 0.6) is 5.75 Å². The standard InChI is InChI=1S/C13H17N3O5/c1-8-5-9(21-2)3-4-10(8)16-13(20)15-6-11(17)14-7-12(18)19/h3-5H,6-7H2,1-2H3,(H,14,17)(H,18,19)(H2,15,16,20). The number of nitrogens with one attached hydrogen (secondary N) is 3. The molecule has 0 aliphatic carbocycles. The average Bonchev–Trinajstić information content (AvgIpc) is 2.45. The zero-order valence-electron chi connectivity index (χ0n) is 11.7. The van der Waals surface area contributed by atoms with Crippen LogP contribution in [0, 0.1) is 6.92 Å². The summed E-state index contributed by atoms with van der Waals surface area (Å²) in [5, 5.41) is 15.4. The van der Waals surface area contributed by atoms with Gasteiger partial charge in [0.05, 0.1) is 13.7 Å². The van der Waals surface area contributed by atoms with Crippen LogP contribution >= 0.6 is 0 Å². The van der Waals surface area contributed by atoms with E-state index in [1.807, 2.05) is 0 Å². The third kappa shape index (κ3) is 5.81. The number of carbonyl (C=O) groups excluding carboxylic acids is 2. The van der Waals surface area contributed by atoms with Crippen molar-refractivity contribution in [2.24, 2.45) is 0 Å². The molecule has 0 fully saturated rings. The third-order valence-electron chi connectivity index (χ3n) is 2.53. The summed E-state index contributed by atoms with van der Waals surface area (Å²) in [5.41, 5.74) is 1.39. The molecule has 1 aromatic rings. The van der Waals surface area contributed by atoms with Crippen molar-refractivity contribution >= 4 is 23.6 Å². The molecule has 0 spiro atoms. The van der Waals surface area contributed by atoms with Gasteiger partial charge in [-0.25, -0.2) is 4.79 Å². The van der Waals surface area contributed by atoms with E-state index in [0.717, 1.165) is 5.56 Å². The van der Waals surface area contributed by atoms with Crippen molar-refractivity contribution in [1.82, 2.24) is 10.6 Å². The molecule has 0 atom stereocenters. The SMILES string of the molecule is COc1ccc(NC(=O)NCC(=O)NCC(=O)O)c(C)c1. The van der Waals surface area contributed by atoms with Crippen LogP contribution in [0.4, 0.5) is 10.5 Å². The van der Waals surface area contributed by atoms with E-state index in [9.17, 15) is 14.4 Å². The number of hydrogen-bond donors (Lipinski definition) is 4. The van der Waals surface area contributed by atoms with Crippen LogP contribution in [0.25, 0.3) is 0 Å². The lowest BCUT2D eigenvalue weighted by Crippen LogP contribution is -2.40. The summed E-state index contributed by atoms with van der Waals surface area (Å²) in [6.07, 6.45) is 0. The van der Waals surface area contributed by atoms with Crippen LogP contribution in [0.2, 0.25) is 0 Å². The number of carboxylic acids is 1. The molecule has 0 aliphatic heterocycles. The highest BCUT2D eigenvalue weighted by atomic mass is 16.5. The van der Waals surface area contributed by atoms with Crippen molar-refractivity contribution in [3.8, 4) is 5.75 Å². The fraction of sp³-hybridized carbons (Fsp3) is 0.308. The van der Waals surface area contributed by atoms with Gasteiger partial charge in [0.15, 0.2) is 0 Å². The van der Waals surface area contributed by atoms with Gasteiger partial charge in [0, 0.05) is 5.69 Å². The van der Waals surface area contributed by atoms with Crippen LogP contribution in [0.3, 0.4) is 0 Å². The Morgan fingerprint density at radius 3 is 2.48 bits per heavy atom. The molecule has 0 aliphatic rings. The first-order valence-electron chi connectivity index (χ1n) is 6.10. The predicted molar refractivity (Wildman–Crippen MR) is 75.4 cm³/mol. The van der Waals surface area contributed by atoms with Gasteiger partial charge in [0.2, 0.25) is 5.91 Å². The molecule has 8 heteroatoms. The van der Waals surface area contributed by atoms with Crippen LogP contribution in [0.15, 0.2) is 18.2 Å². The topological polar surface area (TPSA) is 117 Å². The zero-order chi connectivity index (χ0) is 15.8. The first-order chi connectivity index (χ1) is 9.92. The summed E-state index contributed by atoms with van der Waals surface area (Å²) >= 11 is 0. The maximum atomic E-state index is 11.6. The normalized spacial score (nSPS) is 9.62. The van der Waals surface area contributed by atoms with Gasteiger partial charge in [0.1, 0.15) is 12.3 Å². The van der Waals surface area contributed by atoms with Crippen molar-refractivity contribution in [2.45, 2.75) is 6.92 Å². The predicted octanol–water partition coefficient (Wildman–Crippen LogP) is 0.326. The molecule has 1 rings (SSSR count). The number of carboxylic acid groups (broad SMARTS) is 1. The van der Waals surface area contributed by atoms with E-state index in [0.29, 0.717) is 11.4 Å². The van der Waals surface area contributed by atoms with Crippen molar-refractivity contribution in [3.05, 3.63) is 23.8 Å². The number of rotatable bonds is 6. The van der Waals surface area contributed by atoms with Gasteiger partial charge < -0.3 is 25.8 Å². The molecule has 0 saturated carbocycles. The third-order valence-corrected chi connectivity index (χ3v) is 2.53. The van der Waals surface area contributed by atoms with E-state index in [-0.39, 0.29) is 6.54 Å². The quantitative estimate of drug-likeness (QED) is 0.603. The molecule has 0 heterocycles. The number of aryl methyl sites for hydroxylation is 1. The molecule has 0 unspecified atom stereocenters. The van der Waals surface area contributed by atoms with Crippen LogP contribution < -0.4 is 20.7 Å². The second kappa shape index (κ2) is 7.73. The molecule has 114 valence electrons. The van der Waals surface area contributed by atoms with Crippen LogP contribution in [0.1, 0.15) is 5.56 Å². The second-order valence-electron chi connectivity index (χ2n) is 4.16. The molecule has 0 aromatic heterocycles. The monoisotopic (exact) mass is 295 g/mol. The summed E-state index contributed by atoms with van der Waals surface area (Å²) in [6, 6.07) is 4.57. The van der Waals surface area contributed by atoms with Crippen molar-refractivity contribution < 1.29 is 24.2 Å². The summed E-state index contributed by atoms with van der Waals surface area (Å²) in [6.45, 7) is 1.01. The fourth-order valence-electron chi connectivity index (χ4n) is 1.47. The highest BCUT2D eigenvalue weighted by Gasteiger charge is 2.08. The Hall–Kier alpha value is -2.77. The van der Waals surface area contributed by atoms with Crippen molar-refractivity contribution in [2.75, 3.05) is 25.5 Å². The van der Waals surface area contributed by atoms with Gasteiger partial charge >= 0.3 is 12.0 Å². The van der Waals surface area contributed by atoms with Gasteiger partial charge in [0.25, 0.3) is 0 Å². The maximum absolute atomic E-state index is 11.6.